The third-order valence-corrected chi connectivity index (χ3v) is 5.19. The Labute approximate surface area is 158 Å². The molecule has 1 N–H and O–H groups in total. The Morgan fingerprint density at radius 2 is 1.85 bits per heavy atom. The number of aliphatic hydroxyl groups is 1. The first-order valence-corrected chi connectivity index (χ1v) is 9.36. The molecule has 1 aromatic heterocycles. The van der Waals surface area contributed by atoms with Crippen LogP contribution < -0.4 is 4.90 Å². The quantitative estimate of drug-likeness (QED) is 0.749. The van der Waals surface area contributed by atoms with E-state index in [9.17, 15) is 14.0 Å². The Balaban J connectivity index is 1.80. The summed E-state index contributed by atoms with van der Waals surface area (Å²) in [5, 5.41) is 9.08. The molecule has 3 rings (SSSR count). The van der Waals surface area contributed by atoms with Crippen LogP contribution in [0.4, 0.5) is 15.1 Å². The van der Waals surface area contributed by atoms with Gasteiger partial charge in [0.1, 0.15) is 5.54 Å². The van der Waals surface area contributed by atoms with E-state index in [0.717, 1.165) is 12.4 Å². The van der Waals surface area contributed by atoms with Crippen molar-refractivity contribution in [1.29, 1.82) is 0 Å². The number of hydrogen-bond acceptors (Lipinski definition) is 6. The van der Waals surface area contributed by atoms with E-state index in [-0.39, 0.29) is 31.0 Å². The monoisotopic (exact) mass is 379 g/mol. The molecular formula is C18H26FN5O3. The summed E-state index contributed by atoms with van der Waals surface area (Å²) in [5.41, 5.74) is -0.854. The van der Waals surface area contributed by atoms with Gasteiger partial charge in [0, 0.05) is 32.8 Å². The van der Waals surface area contributed by atoms with Gasteiger partial charge in [-0.1, -0.05) is 13.8 Å². The fourth-order valence-electron chi connectivity index (χ4n) is 3.86. The smallest absolute Gasteiger partial charge is 0.327 e. The number of nitrogens with zero attached hydrogens (tertiary/aromatic N) is 5. The van der Waals surface area contributed by atoms with E-state index >= 15 is 0 Å². The van der Waals surface area contributed by atoms with E-state index < -0.39 is 11.4 Å². The second-order valence-electron chi connectivity index (χ2n) is 7.54. The number of hydrogen-bond donors (Lipinski definition) is 1. The maximum absolute atomic E-state index is 13.2. The SMILES string of the molecule is CC(C)CN1C(=O)N(CCCO)C(=O)C12CCN(c1ncc(F)cn1)CC2. The first-order valence-electron chi connectivity index (χ1n) is 9.36. The molecule has 3 amide bonds. The van der Waals surface area contributed by atoms with Gasteiger partial charge in [0.15, 0.2) is 5.82 Å². The van der Waals surface area contributed by atoms with E-state index in [1.54, 1.807) is 4.90 Å². The Hall–Kier alpha value is -2.29. The fraction of sp³-hybridized carbons (Fsp3) is 0.667. The lowest BCUT2D eigenvalue weighted by molar-refractivity contribution is -0.134. The second-order valence-corrected chi connectivity index (χ2v) is 7.54. The number of aliphatic hydroxyl groups excluding tert-OH is 1. The molecule has 27 heavy (non-hydrogen) atoms. The van der Waals surface area contributed by atoms with Crippen molar-refractivity contribution in [2.24, 2.45) is 5.92 Å². The molecule has 1 aromatic rings. The van der Waals surface area contributed by atoms with Crippen molar-refractivity contribution in [3.63, 3.8) is 0 Å². The summed E-state index contributed by atoms with van der Waals surface area (Å²) in [6.45, 7) is 5.72. The summed E-state index contributed by atoms with van der Waals surface area (Å²) in [7, 11) is 0. The molecule has 0 unspecified atom stereocenters. The largest absolute Gasteiger partial charge is 0.396 e. The van der Waals surface area contributed by atoms with Crippen molar-refractivity contribution in [3.05, 3.63) is 18.2 Å². The first-order chi connectivity index (χ1) is 12.9. The average Bonchev–Trinajstić information content (AvgIpc) is 2.83. The molecule has 0 aromatic carbocycles. The summed E-state index contributed by atoms with van der Waals surface area (Å²) < 4.78 is 13.1. The van der Waals surface area contributed by atoms with Gasteiger partial charge in [0.05, 0.1) is 12.4 Å². The first kappa shape index (κ1) is 19.5. The lowest BCUT2D eigenvalue weighted by Crippen LogP contribution is -2.57. The van der Waals surface area contributed by atoms with Crippen LogP contribution in [0.3, 0.4) is 0 Å². The van der Waals surface area contributed by atoms with Crippen molar-refractivity contribution < 1.29 is 19.1 Å². The number of halogens is 1. The van der Waals surface area contributed by atoms with E-state index in [1.807, 2.05) is 18.7 Å². The lowest BCUT2D eigenvalue weighted by Gasteiger charge is -2.42. The minimum atomic E-state index is -0.854. The van der Waals surface area contributed by atoms with Crippen molar-refractivity contribution in [1.82, 2.24) is 19.8 Å². The summed E-state index contributed by atoms with van der Waals surface area (Å²) >= 11 is 0. The minimum absolute atomic E-state index is 0.0656. The molecule has 2 aliphatic heterocycles. The van der Waals surface area contributed by atoms with Crippen LogP contribution in [0.15, 0.2) is 12.4 Å². The second kappa shape index (κ2) is 7.75. The third kappa shape index (κ3) is 3.60. The molecule has 3 heterocycles. The van der Waals surface area contributed by atoms with Gasteiger partial charge in [0.2, 0.25) is 5.95 Å². The molecule has 0 saturated carbocycles. The van der Waals surface area contributed by atoms with Crippen LogP contribution in [0.5, 0.6) is 0 Å². The van der Waals surface area contributed by atoms with Gasteiger partial charge in [-0.2, -0.15) is 0 Å². The normalized spacial score (nSPS) is 19.7. The zero-order chi connectivity index (χ0) is 19.6. The van der Waals surface area contributed by atoms with Crippen LogP contribution >= 0.6 is 0 Å². The number of imide groups is 1. The van der Waals surface area contributed by atoms with Gasteiger partial charge < -0.3 is 14.9 Å². The van der Waals surface area contributed by atoms with Gasteiger partial charge in [-0.25, -0.2) is 19.2 Å². The molecule has 2 saturated heterocycles. The van der Waals surface area contributed by atoms with Crippen LogP contribution in [0.1, 0.15) is 33.1 Å². The Morgan fingerprint density at radius 3 is 2.41 bits per heavy atom. The highest BCUT2D eigenvalue weighted by Gasteiger charge is 2.57. The zero-order valence-electron chi connectivity index (χ0n) is 15.8. The zero-order valence-corrected chi connectivity index (χ0v) is 15.8. The molecule has 0 atom stereocenters. The molecule has 0 radical (unpaired) electrons. The molecule has 2 fully saturated rings. The van der Waals surface area contributed by atoms with Crippen LogP contribution in [-0.2, 0) is 4.79 Å². The summed E-state index contributed by atoms with van der Waals surface area (Å²) in [6, 6.07) is -0.270. The molecule has 1 spiro atoms. The lowest BCUT2D eigenvalue weighted by atomic mass is 9.85. The van der Waals surface area contributed by atoms with Crippen LogP contribution in [0.2, 0.25) is 0 Å². The highest BCUT2D eigenvalue weighted by atomic mass is 19.1. The number of carbonyl (C=O) groups is 2. The predicted molar refractivity (Wildman–Crippen MR) is 96.5 cm³/mol. The molecule has 0 aliphatic carbocycles. The number of rotatable bonds is 6. The van der Waals surface area contributed by atoms with Crippen molar-refractivity contribution in [2.75, 3.05) is 37.7 Å². The summed E-state index contributed by atoms with van der Waals surface area (Å²) in [5.74, 6) is -0.0156. The van der Waals surface area contributed by atoms with Crippen LogP contribution in [0.25, 0.3) is 0 Å². The number of anilines is 1. The van der Waals surface area contributed by atoms with Crippen molar-refractivity contribution in [2.45, 2.75) is 38.6 Å². The number of carbonyl (C=O) groups excluding carboxylic acids is 2. The maximum Gasteiger partial charge on any atom is 0.327 e. The predicted octanol–water partition coefficient (Wildman–Crippen LogP) is 1.26. The topological polar surface area (TPSA) is 89.9 Å². The van der Waals surface area contributed by atoms with E-state index in [4.69, 9.17) is 5.11 Å². The van der Waals surface area contributed by atoms with Crippen molar-refractivity contribution in [3.8, 4) is 0 Å². The Bertz CT molecular complexity index is 689. The van der Waals surface area contributed by atoms with E-state index in [0.29, 0.717) is 44.8 Å². The van der Waals surface area contributed by atoms with E-state index in [1.165, 1.54) is 4.90 Å². The number of urea groups is 1. The number of amides is 3. The molecule has 148 valence electrons. The van der Waals surface area contributed by atoms with Crippen LogP contribution in [0, 0.1) is 11.7 Å². The summed E-state index contributed by atoms with van der Waals surface area (Å²) in [6.07, 6.45) is 3.57. The third-order valence-electron chi connectivity index (χ3n) is 5.19. The molecule has 9 heteroatoms. The molecule has 8 nitrogen and oxygen atoms in total. The average molecular weight is 379 g/mol. The molecule has 2 aliphatic rings. The maximum atomic E-state index is 13.2. The fourth-order valence-corrected chi connectivity index (χ4v) is 3.86. The highest BCUT2D eigenvalue weighted by molar-refractivity contribution is 6.07. The summed E-state index contributed by atoms with van der Waals surface area (Å²) in [4.78, 5) is 39.0. The Morgan fingerprint density at radius 1 is 1.22 bits per heavy atom. The van der Waals surface area contributed by atoms with Gasteiger partial charge in [0.25, 0.3) is 5.91 Å². The standard InChI is InChI=1S/C18H26FN5O3/c1-13(2)12-24-17(27)23(6-3-9-25)15(26)18(24)4-7-22(8-5-18)16-20-10-14(19)11-21-16/h10-11,13,25H,3-9,12H2,1-2H3. The van der Waals surface area contributed by atoms with E-state index in [2.05, 4.69) is 9.97 Å². The Kier molecular flexibility index (Phi) is 5.59. The van der Waals surface area contributed by atoms with Crippen molar-refractivity contribution >= 4 is 17.9 Å². The minimum Gasteiger partial charge on any atom is -0.396 e. The molecule has 0 bridgehead atoms. The highest BCUT2D eigenvalue weighted by Crippen LogP contribution is 2.38. The molecular weight excluding hydrogens is 353 g/mol. The van der Waals surface area contributed by atoms with Gasteiger partial charge in [-0.15, -0.1) is 0 Å². The van der Waals surface area contributed by atoms with Gasteiger partial charge >= 0.3 is 6.03 Å². The number of piperidine rings is 1. The van der Waals surface area contributed by atoms with Gasteiger partial charge in [-0.05, 0) is 25.2 Å². The number of aromatic nitrogens is 2. The van der Waals surface area contributed by atoms with Crippen LogP contribution in [-0.4, -0.2) is 75.1 Å². The van der Waals surface area contributed by atoms with Gasteiger partial charge in [-0.3, -0.25) is 9.69 Å².